The van der Waals surface area contributed by atoms with Crippen LogP contribution in [0.5, 0.6) is 23.0 Å². The van der Waals surface area contributed by atoms with Crippen LogP contribution in [-0.2, 0) is 0 Å². The summed E-state index contributed by atoms with van der Waals surface area (Å²) < 4.78 is 0. The van der Waals surface area contributed by atoms with Gasteiger partial charge in [0.2, 0.25) is 0 Å². The van der Waals surface area contributed by atoms with E-state index in [2.05, 4.69) is 68.5 Å². The van der Waals surface area contributed by atoms with Crippen molar-refractivity contribution in [2.75, 3.05) is 0 Å². The lowest BCUT2D eigenvalue weighted by Gasteiger charge is -2.10. The molecule has 9 rings (SSSR count). The van der Waals surface area contributed by atoms with E-state index in [1.54, 1.807) is 48.5 Å². The third-order valence-corrected chi connectivity index (χ3v) is 9.52. The van der Waals surface area contributed by atoms with E-state index in [9.17, 15) is 20.4 Å². The third kappa shape index (κ3) is 5.45. The number of phenolic OH excluding ortho intramolecular Hbond substituents is 4. The molecule has 8 N–H and O–H groups in total. The average Bonchev–Trinajstić information content (AvgIpc) is 3.99. The highest BCUT2D eigenvalue weighted by Crippen LogP contribution is 2.29. The van der Waals surface area contributed by atoms with Crippen molar-refractivity contribution in [2.45, 2.75) is 0 Å². The molecule has 0 saturated carbocycles. The monoisotopic (exact) mass is 680 g/mol. The molecule has 0 amide bonds. The van der Waals surface area contributed by atoms with Crippen LogP contribution >= 0.6 is 0 Å². The number of H-pyrrole nitrogens is 4. The summed E-state index contributed by atoms with van der Waals surface area (Å²) in [4.78, 5) is 14.8. The molecule has 52 heavy (non-hydrogen) atoms. The number of aromatic nitrogens is 4. The van der Waals surface area contributed by atoms with E-state index in [1.807, 2.05) is 48.5 Å². The van der Waals surface area contributed by atoms with Crippen LogP contribution < -0.4 is 21.4 Å². The van der Waals surface area contributed by atoms with Gasteiger partial charge in [-0.2, -0.15) is 0 Å². The Balaban J connectivity index is 1.43. The van der Waals surface area contributed by atoms with Gasteiger partial charge in [0.25, 0.3) is 0 Å². The molecule has 8 aromatic rings. The van der Waals surface area contributed by atoms with Gasteiger partial charge < -0.3 is 40.4 Å². The fourth-order valence-corrected chi connectivity index (χ4v) is 7.08. The van der Waals surface area contributed by atoms with Gasteiger partial charge in [0.15, 0.2) is 0 Å². The van der Waals surface area contributed by atoms with Gasteiger partial charge in [-0.25, -0.2) is 0 Å². The number of hydrogen-bond acceptors (Lipinski definition) is 4. The molecule has 4 aromatic carbocycles. The number of hydrogen-bond donors (Lipinski definition) is 8. The predicted molar refractivity (Wildman–Crippen MR) is 201 cm³/mol. The lowest BCUT2D eigenvalue weighted by atomic mass is 10.0. The Bertz CT molecular complexity index is 2460. The SMILES string of the molecule is Oc1ccc(/C2=c3\cc/c([nH]3)=C(\c3ccc(O)cc3)c3ccc([nH]3)/C(c3ccc(O)cc3)=c3/cc/c([nH]3)=C(\c3ccc(O)cc3)c3ccc2[nH]3)cc1. The van der Waals surface area contributed by atoms with Crippen molar-refractivity contribution < 1.29 is 20.4 Å². The van der Waals surface area contributed by atoms with Gasteiger partial charge in [-0.05, 0) is 119 Å². The second kappa shape index (κ2) is 12.2. The first-order chi connectivity index (χ1) is 25.4. The second-order valence-corrected chi connectivity index (χ2v) is 12.8. The van der Waals surface area contributed by atoms with Crippen LogP contribution in [0.15, 0.2) is 146 Å². The number of benzene rings is 4. The van der Waals surface area contributed by atoms with Crippen molar-refractivity contribution in [2.24, 2.45) is 0 Å². The molecular formula is C44H32N4O4. The Morgan fingerprint density at radius 1 is 0.231 bits per heavy atom. The highest BCUT2D eigenvalue weighted by atomic mass is 16.3. The minimum atomic E-state index is 0.177. The molecule has 4 aromatic heterocycles. The van der Waals surface area contributed by atoms with Crippen molar-refractivity contribution in [1.29, 1.82) is 0 Å². The summed E-state index contributed by atoms with van der Waals surface area (Å²) in [5.74, 6) is 0.709. The van der Waals surface area contributed by atoms with E-state index in [1.165, 1.54) is 0 Å². The Labute approximate surface area is 297 Å². The Morgan fingerprint density at radius 3 is 0.654 bits per heavy atom. The van der Waals surface area contributed by atoms with Gasteiger partial charge in [0.05, 0.1) is 0 Å². The molecule has 0 aliphatic carbocycles. The highest BCUT2D eigenvalue weighted by molar-refractivity contribution is 5.85. The van der Waals surface area contributed by atoms with Gasteiger partial charge in [0, 0.05) is 66.5 Å². The van der Waals surface area contributed by atoms with Crippen molar-refractivity contribution >= 4 is 22.3 Å². The first kappa shape index (κ1) is 30.7. The molecule has 1 aliphatic rings. The maximum atomic E-state index is 10.2. The molecule has 0 fully saturated rings. The van der Waals surface area contributed by atoms with Crippen LogP contribution in [0.4, 0.5) is 0 Å². The molecule has 0 spiro atoms. The summed E-state index contributed by atoms with van der Waals surface area (Å²) >= 11 is 0. The van der Waals surface area contributed by atoms with Crippen molar-refractivity contribution in [3.63, 3.8) is 0 Å². The number of nitrogens with one attached hydrogen (secondary N) is 4. The van der Waals surface area contributed by atoms with Crippen LogP contribution in [-0.4, -0.2) is 40.4 Å². The van der Waals surface area contributed by atoms with Gasteiger partial charge in [-0.3, -0.25) is 0 Å². The van der Waals surface area contributed by atoms with Crippen LogP contribution in [0, 0.1) is 0 Å². The number of aromatic hydroxyl groups is 4. The summed E-state index contributed by atoms with van der Waals surface area (Å²) in [5, 5.41) is 44.1. The molecule has 0 radical (unpaired) electrons. The normalized spacial score (nSPS) is 16.9. The van der Waals surface area contributed by atoms with Gasteiger partial charge in [-0.1, -0.05) is 48.5 Å². The Hall–Kier alpha value is -7.32. The molecule has 8 heteroatoms. The maximum Gasteiger partial charge on any atom is 0.115 e. The molecule has 5 heterocycles. The maximum absolute atomic E-state index is 10.2. The third-order valence-electron chi connectivity index (χ3n) is 9.52. The van der Waals surface area contributed by atoms with Crippen molar-refractivity contribution in [3.8, 4) is 23.0 Å². The van der Waals surface area contributed by atoms with Crippen molar-refractivity contribution in [1.82, 2.24) is 19.9 Å². The molecule has 0 saturated heterocycles. The molecule has 252 valence electrons. The average molecular weight is 681 g/mol. The van der Waals surface area contributed by atoms with Crippen LogP contribution in [0.3, 0.4) is 0 Å². The molecule has 1 aliphatic heterocycles. The quantitative estimate of drug-likeness (QED) is 0.131. The lowest BCUT2D eigenvalue weighted by molar-refractivity contribution is 0.474. The Kier molecular flexibility index (Phi) is 7.22. The summed E-state index contributed by atoms with van der Waals surface area (Å²) in [6, 6.07) is 45.0. The zero-order valence-electron chi connectivity index (χ0n) is 27.6. The molecule has 8 nitrogen and oxygen atoms in total. The summed E-state index contributed by atoms with van der Waals surface area (Å²) in [6.45, 7) is 0. The topological polar surface area (TPSA) is 144 Å². The number of aromatic amines is 4. The fourth-order valence-electron chi connectivity index (χ4n) is 7.08. The first-order valence-corrected chi connectivity index (χ1v) is 16.8. The highest BCUT2D eigenvalue weighted by Gasteiger charge is 2.18. The number of rotatable bonds is 4. The van der Waals surface area contributed by atoms with E-state index in [-0.39, 0.29) is 23.0 Å². The van der Waals surface area contributed by atoms with Gasteiger partial charge in [-0.15, -0.1) is 0 Å². The van der Waals surface area contributed by atoms with E-state index in [0.29, 0.717) is 0 Å². The summed E-state index contributed by atoms with van der Waals surface area (Å²) in [6.07, 6.45) is 0. The first-order valence-electron chi connectivity index (χ1n) is 16.8. The zero-order chi connectivity index (χ0) is 35.3. The van der Waals surface area contributed by atoms with Crippen LogP contribution in [0.1, 0.15) is 45.0 Å². The predicted octanol–water partition coefficient (Wildman–Crippen LogP) is 5.12. The number of phenols is 4. The molecule has 0 unspecified atom stereocenters. The van der Waals surface area contributed by atoms with E-state index < -0.39 is 0 Å². The standard InChI is InChI=1S/C44H32N4O4/c49-29-9-1-25(2-10-29)41-33-17-19-35(45-33)42(26-3-11-30(50)12-4-26)37-21-23-39(47-37)44(28-7-15-32(52)16-8-28)40-24-22-38(48-40)43(36-20-18-34(41)46-36)27-5-13-31(51)14-6-27/h1-24,45-52H/b41-33-,41-34?,42-35-,42-37?,43-36?,43-38-,44-39?,44-40-. The minimum absolute atomic E-state index is 0.177. The van der Waals surface area contributed by atoms with Gasteiger partial charge >= 0.3 is 0 Å². The number of fused-ring (bicyclic) bond motifs is 8. The molecular weight excluding hydrogens is 649 g/mol. The lowest BCUT2D eigenvalue weighted by Crippen LogP contribution is -2.19. The van der Waals surface area contributed by atoms with Crippen LogP contribution in [0.25, 0.3) is 22.3 Å². The minimum Gasteiger partial charge on any atom is -0.508 e. The summed E-state index contributed by atoms with van der Waals surface area (Å²) in [7, 11) is 0. The largest absolute Gasteiger partial charge is 0.508 e. The smallest absolute Gasteiger partial charge is 0.115 e. The Morgan fingerprint density at radius 2 is 0.442 bits per heavy atom. The van der Waals surface area contributed by atoms with E-state index >= 15 is 0 Å². The van der Waals surface area contributed by atoms with Crippen LogP contribution in [0.2, 0.25) is 0 Å². The fraction of sp³-hybridized carbons (Fsp3) is 0. The zero-order valence-corrected chi connectivity index (χ0v) is 27.6. The van der Waals surface area contributed by atoms with E-state index in [4.69, 9.17) is 0 Å². The van der Waals surface area contributed by atoms with Crippen molar-refractivity contribution in [3.05, 3.63) is 212 Å². The molecule has 8 bridgehead atoms. The summed E-state index contributed by atoms with van der Waals surface area (Å²) in [5.41, 5.74) is 10.6. The van der Waals surface area contributed by atoms with Gasteiger partial charge in [0.1, 0.15) is 23.0 Å². The molecule has 0 atom stereocenters. The van der Waals surface area contributed by atoms with E-state index in [0.717, 1.165) is 88.7 Å². The second-order valence-electron chi connectivity index (χ2n) is 12.8.